The number of rotatable bonds is 4. The number of methoxy groups -OCH3 is 1. The highest BCUT2D eigenvalue weighted by molar-refractivity contribution is 6.05. The Morgan fingerprint density at radius 1 is 1.09 bits per heavy atom. The van der Waals surface area contributed by atoms with E-state index in [2.05, 4.69) is 15.4 Å². The van der Waals surface area contributed by atoms with Crippen LogP contribution in [0.2, 0.25) is 0 Å². The topological polar surface area (TPSA) is 69.0 Å². The molecule has 1 fully saturated rings. The fraction of sp³-hybridized carbons (Fsp3) is 0.480. The smallest absolute Gasteiger partial charge is 0.433 e. The fourth-order valence-electron chi connectivity index (χ4n) is 3.78. The Labute approximate surface area is 198 Å². The van der Waals surface area contributed by atoms with Crippen LogP contribution in [-0.2, 0) is 6.18 Å². The lowest BCUT2D eigenvalue weighted by Crippen LogP contribution is -2.17. The third kappa shape index (κ3) is 6.48. The number of amides is 1. The molecule has 0 bridgehead atoms. The Balaban J connectivity index is 0.000000970. The summed E-state index contributed by atoms with van der Waals surface area (Å²) in [5.41, 5.74) is -0.374. The molecule has 1 aromatic carbocycles. The number of hydrogen-bond acceptors (Lipinski definition) is 4. The van der Waals surface area contributed by atoms with E-state index in [1.54, 1.807) is 12.1 Å². The van der Waals surface area contributed by atoms with Crippen LogP contribution in [0.3, 0.4) is 0 Å². The second-order valence-electron chi connectivity index (χ2n) is 7.37. The number of fused-ring (bicyclic) bond motifs is 1. The minimum absolute atomic E-state index is 0.329. The summed E-state index contributed by atoms with van der Waals surface area (Å²) in [5, 5.41) is 8.07. The minimum atomic E-state index is -4.62. The van der Waals surface area contributed by atoms with Gasteiger partial charge in [-0.3, -0.25) is 9.48 Å². The first-order chi connectivity index (χ1) is 16.3. The molecule has 0 radical (unpaired) electrons. The standard InChI is InChI=1S/C21H21F3N4O2.2C2H6/c1-30-18-11-16-13(12-28(27-16)14-6-3-2-4-7-14)10-17(18)26-20(29)15-8-5-9-19(25-15)21(22,23)24;2*1-2/h5,8-12,14H,2-4,6-7H2,1H3,(H,26,29);2*1-2H3. The largest absolute Gasteiger partial charge is 0.494 e. The van der Waals surface area contributed by atoms with Crippen molar-refractivity contribution in [1.82, 2.24) is 14.8 Å². The van der Waals surface area contributed by atoms with Gasteiger partial charge in [0, 0.05) is 17.6 Å². The molecule has 6 nitrogen and oxygen atoms in total. The molecule has 3 aromatic rings. The lowest BCUT2D eigenvalue weighted by atomic mass is 9.96. The highest BCUT2D eigenvalue weighted by Crippen LogP contribution is 2.33. The summed E-state index contributed by atoms with van der Waals surface area (Å²) >= 11 is 0. The molecule has 0 unspecified atom stereocenters. The average Bonchev–Trinajstić information content (AvgIpc) is 3.29. The predicted molar refractivity (Wildman–Crippen MR) is 128 cm³/mol. The number of alkyl halides is 3. The Bertz CT molecular complexity index is 1070. The van der Waals surface area contributed by atoms with Crippen molar-refractivity contribution in [3.63, 3.8) is 0 Å². The van der Waals surface area contributed by atoms with E-state index in [1.165, 1.54) is 32.4 Å². The van der Waals surface area contributed by atoms with Crippen LogP contribution in [-0.4, -0.2) is 27.8 Å². The quantitative estimate of drug-likeness (QED) is 0.428. The molecule has 1 saturated carbocycles. The minimum Gasteiger partial charge on any atom is -0.494 e. The molecular formula is C25H33F3N4O2. The number of benzene rings is 1. The molecule has 186 valence electrons. The van der Waals surface area contributed by atoms with Crippen molar-refractivity contribution in [3.05, 3.63) is 47.9 Å². The van der Waals surface area contributed by atoms with Gasteiger partial charge in [-0.05, 0) is 31.0 Å². The molecule has 2 aromatic heterocycles. The maximum atomic E-state index is 12.9. The second-order valence-corrected chi connectivity index (χ2v) is 7.37. The van der Waals surface area contributed by atoms with Gasteiger partial charge in [-0.25, -0.2) is 4.98 Å². The zero-order valence-corrected chi connectivity index (χ0v) is 20.4. The van der Waals surface area contributed by atoms with Crippen molar-refractivity contribution < 1.29 is 22.7 Å². The molecule has 1 aliphatic carbocycles. The SMILES string of the molecule is CC.CC.COc1cc2nn(C3CCCCC3)cc2cc1NC(=O)c1cccc(C(F)(F)F)n1. The number of nitrogens with zero attached hydrogens (tertiary/aromatic N) is 3. The lowest BCUT2D eigenvalue weighted by molar-refractivity contribution is -0.141. The van der Waals surface area contributed by atoms with Gasteiger partial charge in [0.1, 0.15) is 17.1 Å². The zero-order valence-electron chi connectivity index (χ0n) is 20.4. The molecule has 0 spiro atoms. The van der Waals surface area contributed by atoms with Crippen LogP contribution in [0.1, 0.15) is 82.0 Å². The zero-order chi connectivity index (χ0) is 25.3. The first-order valence-corrected chi connectivity index (χ1v) is 11.8. The van der Waals surface area contributed by atoms with Gasteiger partial charge in [-0.15, -0.1) is 0 Å². The highest BCUT2D eigenvalue weighted by Gasteiger charge is 2.33. The van der Waals surface area contributed by atoms with Gasteiger partial charge in [0.05, 0.1) is 24.4 Å². The molecule has 1 N–H and O–H groups in total. The summed E-state index contributed by atoms with van der Waals surface area (Å²) in [4.78, 5) is 16.0. The third-order valence-electron chi connectivity index (χ3n) is 5.31. The molecule has 34 heavy (non-hydrogen) atoms. The van der Waals surface area contributed by atoms with Crippen LogP contribution in [0.5, 0.6) is 5.75 Å². The first-order valence-electron chi connectivity index (χ1n) is 11.8. The van der Waals surface area contributed by atoms with Crippen LogP contribution in [0.4, 0.5) is 18.9 Å². The molecule has 0 aliphatic heterocycles. The van der Waals surface area contributed by atoms with Crippen LogP contribution in [0.15, 0.2) is 36.5 Å². The second kappa shape index (κ2) is 12.4. The number of ether oxygens (including phenoxy) is 1. The van der Waals surface area contributed by atoms with Crippen molar-refractivity contribution in [2.45, 2.75) is 72.0 Å². The van der Waals surface area contributed by atoms with Gasteiger partial charge < -0.3 is 10.1 Å². The van der Waals surface area contributed by atoms with Crippen LogP contribution < -0.4 is 10.1 Å². The Kier molecular flexibility index (Phi) is 9.89. The van der Waals surface area contributed by atoms with E-state index in [4.69, 9.17) is 4.74 Å². The van der Waals surface area contributed by atoms with Gasteiger partial charge in [-0.2, -0.15) is 18.3 Å². The number of anilines is 1. The number of hydrogen-bond donors (Lipinski definition) is 1. The van der Waals surface area contributed by atoms with Gasteiger partial charge in [-0.1, -0.05) is 53.0 Å². The number of pyridine rings is 1. The van der Waals surface area contributed by atoms with Crippen molar-refractivity contribution >= 4 is 22.5 Å². The molecule has 0 saturated heterocycles. The van der Waals surface area contributed by atoms with E-state index >= 15 is 0 Å². The van der Waals surface area contributed by atoms with Gasteiger partial charge >= 0.3 is 6.18 Å². The molecule has 1 aliphatic rings. The van der Waals surface area contributed by atoms with Crippen molar-refractivity contribution in [3.8, 4) is 5.75 Å². The molecule has 4 rings (SSSR count). The molecule has 2 heterocycles. The van der Waals surface area contributed by atoms with Gasteiger partial charge in [0.25, 0.3) is 5.91 Å². The average molecular weight is 479 g/mol. The molecule has 1 amide bonds. The number of carbonyl (C=O) groups is 1. The van der Waals surface area contributed by atoms with Crippen LogP contribution >= 0.6 is 0 Å². The summed E-state index contributed by atoms with van der Waals surface area (Å²) in [5.74, 6) is -0.379. The monoisotopic (exact) mass is 478 g/mol. The molecular weight excluding hydrogens is 445 g/mol. The maximum Gasteiger partial charge on any atom is 0.433 e. The summed E-state index contributed by atoms with van der Waals surface area (Å²) in [7, 11) is 1.46. The normalized spacial score (nSPS) is 13.9. The Morgan fingerprint density at radius 2 is 1.76 bits per heavy atom. The third-order valence-corrected chi connectivity index (χ3v) is 5.31. The summed E-state index contributed by atoms with van der Waals surface area (Å²) in [6.45, 7) is 8.00. The van der Waals surface area contributed by atoms with Crippen LogP contribution in [0.25, 0.3) is 10.9 Å². The van der Waals surface area contributed by atoms with E-state index in [-0.39, 0.29) is 5.69 Å². The number of carbonyl (C=O) groups excluding carboxylic acids is 1. The lowest BCUT2D eigenvalue weighted by Gasteiger charge is -2.21. The number of aromatic nitrogens is 3. The fourth-order valence-corrected chi connectivity index (χ4v) is 3.78. The molecule has 9 heteroatoms. The van der Waals surface area contributed by atoms with E-state index < -0.39 is 17.8 Å². The van der Waals surface area contributed by atoms with Gasteiger partial charge in [0.15, 0.2) is 0 Å². The Hall–Kier alpha value is -3.10. The van der Waals surface area contributed by atoms with Crippen molar-refractivity contribution in [2.24, 2.45) is 0 Å². The van der Waals surface area contributed by atoms with E-state index in [9.17, 15) is 18.0 Å². The summed E-state index contributed by atoms with van der Waals surface area (Å²) in [6, 6.07) is 6.99. The van der Waals surface area contributed by atoms with E-state index in [1.807, 2.05) is 38.6 Å². The number of halogens is 3. The van der Waals surface area contributed by atoms with E-state index in [0.29, 0.717) is 17.5 Å². The van der Waals surface area contributed by atoms with E-state index in [0.717, 1.165) is 35.9 Å². The van der Waals surface area contributed by atoms with Crippen LogP contribution in [0, 0.1) is 0 Å². The summed E-state index contributed by atoms with van der Waals surface area (Å²) in [6.07, 6.45) is 3.06. The van der Waals surface area contributed by atoms with Crippen molar-refractivity contribution in [1.29, 1.82) is 0 Å². The maximum absolute atomic E-state index is 12.9. The van der Waals surface area contributed by atoms with Gasteiger partial charge in [0.2, 0.25) is 0 Å². The highest BCUT2D eigenvalue weighted by atomic mass is 19.4. The van der Waals surface area contributed by atoms with Crippen molar-refractivity contribution in [2.75, 3.05) is 12.4 Å². The number of nitrogens with one attached hydrogen (secondary N) is 1. The predicted octanol–water partition coefficient (Wildman–Crippen LogP) is 7.27. The first kappa shape index (κ1) is 27.1. The summed E-state index contributed by atoms with van der Waals surface area (Å²) < 4.78 is 46.0. The Morgan fingerprint density at radius 3 is 2.38 bits per heavy atom. The molecule has 0 atom stereocenters.